The van der Waals surface area contributed by atoms with E-state index in [1.54, 1.807) is 0 Å². The molecule has 0 aromatic carbocycles. The summed E-state index contributed by atoms with van der Waals surface area (Å²) in [5.74, 6) is -0.688. The standard InChI is InChI=1S/C11H20N2O2/c1-9(8-11(14)15)12-4-6-13(7-5-12)10-2-3-10/h9-10H,2-8H2,1H3,(H,14,15). The molecule has 0 amide bonds. The van der Waals surface area contributed by atoms with Crippen molar-refractivity contribution in [2.45, 2.75) is 38.3 Å². The van der Waals surface area contributed by atoms with Crippen LogP contribution in [-0.4, -0.2) is 59.1 Å². The molecule has 0 spiro atoms. The number of piperazine rings is 1. The Morgan fingerprint density at radius 1 is 1.33 bits per heavy atom. The second kappa shape index (κ2) is 4.49. The second-order valence-corrected chi connectivity index (χ2v) is 4.75. The van der Waals surface area contributed by atoms with Gasteiger partial charge < -0.3 is 5.11 Å². The molecular weight excluding hydrogens is 192 g/mol. The van der Waals surface area contributed by atoms with E-state index in [1.165, 1.54) is 12.8 Å². The molecule has 1 saturated heterocycles. The first kappa shape index (κ1) is 10.9. The number of carboxylic acids is 1. The molecule has 4 heteroatoms. The van der Waals surface area contributed by atoms with Crippen LogP contribution in [0.1, 0.15) is 26.2 Å². The third-order valence-corrected chi connectivity index (χ3v) is 3.51. The minimum Gasteiger partial charge on any atom is -0.481 e. The lowest BCUT2D eigenvalue weighted by atomic mass is 10.1. The highest BCUT2D eigenvalue weighted by molar-refractivity contribution is 5.67. The van der Waals surface area contributed by atoms with Gasteiger partial charge in [0.05, 0.1) is 6.42 Å². The largest absolute Gasteiger partial charge is 0.481 e. The average Bonchev–Trinajstić information content (AvgIpc) is 3.00. The molecule has 2 fully saturated rings. The predicted octanol–water partition coefficient (Wildman–Crippen LogP) is 0.630. The molecule has 4 nitrogen and oxygen atoms in total. The summed E-state index contributed by atoms with van der Waals surface area (Å²) in [7, 11) is 0. The molecule has 0 aromatic rings. The summed E-state index contributed by atoms with van der Waals surface area (Å²) in [5, 5.41) is 8.73. The number of carbonyl (C=O) groups is 1. The van der Waals surface area contributed by atoms with Gasteiger partial charge in [0.15, 0.2) is 0 Å². The molecule has 1 heterocycles. The van der Waals surface area contributed by atoms with Crippen molar-refractivity contribution >= 4 is 5.97 Å². The van der Waals surface area contributed by atoms with E-state index in [9.17, 15) is 4.79 Å². The number of hydrogen-bond donors (Lipinski definition) is 1. The Balaban J connectivity index is 1.74. The van der Waals surface area contributed by atoms with Crippen molar-refractivity contribution in [3.63, 3.8) is 0 Å². The third kappa shape index (κ3) is 2.92. The molecule has 2 aliphatic rings. The maximum Gasteiger partial charge on any atom is 0.304 e. The Bertz CT molecular complexity index is 233. The topological polar surface area (TPSA) is 43.8 Å². The van der Waals surface area contributed by atoms with E-state index in [4.69, 9.17) is 5.11 Å². The molecule has 1 atom stereocenters. The molecule has 1 aliphatic carbocycles. The first-order chi connectivity index (χ1) is 7.16. The lowest BCUT2D eigenvalue weighted by molar-refractivity contribution is -0.138. The summed E-state index contributed by atoms with van der Waals surface area (Å²) < 4.78 is 0. The van der Waals surface area contributed by atoms with Gasteiger partial charge in [-0.15, -0.1) is 0 Å². The summed E-state index contributed by atoms with van der Waals surface area (Å²) >= 11 is 0. The molecule has 0 radical (unpaired) electrons. The third-order valence-electron chi connectivity index (χ3n) is 3.51. The fourth-order valence-electron chi connectivity index (χ4n) is 2.36. The van der Waals surface area contributed by atoms with Crippen molar-refractivity contribution < 1.29 is 9.90 Å². The zero-order valence-electron chi connectivity index (χ0n) is 9.35. The van der Waals surface area contributed by atoms with Crippen LogP contribution in [0.4, 0.5) is 0 Å². The predicted molar refractivity (Wildman–Crippen MR) is 57.9 cm³/mol. The number of rotatable bonds is 4. The van der Waals surface area contributed by atoms with Crippen LogP contribution < -0.4 is 0 Å². The van der Waals surface area contributed by atoms with E-state index >= 15 is 0 Å². The van der Waals surface area contributed by atoms with Crippen molar-refractivity contribution in [1.29, 1.82) is 0 Å². The van der Waals surface area contributed by atoms with Crippen LogP contribution in [0.2, 0.25) is 0 Å². The summed E-state index contributed by atoms with van der Waals surface area (Å²) in [5.41, 5.74) is 0. The first-order valence-corrected chi connectivity index (χ1v) is 5.86. The number of hydrogen-bond acceptors (Lipinski definition) is 3. The van der Waals surface area contributed by atoms with Gasteiger partial charge in [0.1, 0.15) is 0 Å². The van der Waals surface area contributed by atoms with Crippen LogP contribution in [0.5, 0.6) is 0 Å². The Morgan fingerprint density at radius 2 is 1.93 bits per heavy atom. The second-order valence-electron chi connectivity index (χ2n) is 4.75. The van der Waals surface area contributed by atoms with E-state index in [-0.39, 0.29) is 12.5 Å². The van der Waals surface area contributed by atoms with E-state index in [2.05, 4.69) is 9.80 Å². The van der Waals surface area contributed by atoms with Gasteiger partial charge in [0.2, 0.25) is 0 Å². The van der Waals surface area contributed by atoms with Gasteiger partial charge in [-0.25, -0.2) is 0 Å². The summed E-state index contributed by atoms with van der Waals surface area (Å²) in [4.78, 5) is 15.4. The van der Waals surface area contributed by atoms with Crippen LogP contribution in [0.25, 0.3) is 0 Å². The molecule has 1 unspecified atom stereocenters. The fourth-order valence-corrected chi connectivity index (χ4v) is 2.36. The molecule has 15 heavy (non-hydrogen) atoms. The number of carboxylic acid groups (broad SMARTS) is 1. The van der Waals surface area contributed by atoms with Crippen LogP contribution in [0.3, 0.4) is 0 Å². The average molecular weight is 212 g/mol. The normalized spacial score (nSPS) is 26.5. The molecule has 0 aromatic heterocycles. The van der Waals surface area contributed by atoms with Crippen molar-refractivity contribution in [2.24, 2.45) is 0 Å². The zero-order valence-corrected chi connectivity index (χ0v) is 9.35. The molecule has 1 N–H and O–H groups in total. The van der Waals surface area contributed by atoms with Gasteiger partial charge in [-0.2, -0.15) is 0 Å². The van der Waals surface area contributed by atoms with E-state index < -0.39 is 5.97 Å². The van der Waals surface area contributed by atoms with Crippen molar-refractivity contribution in [2.75, 3.05) is 26.2 Å². The smallest absolute Gasteiger partial charge is 0.304 e. The van der Waals surface area contributed by atoms with E-state index in [0.29, 0.717) is 0 Å². The highest BCUT2D eigenvalue weighted by Crippen LogP contribution is 2.27. The first-order valence-electron chi connectivity index (χ1n) is 5.86. The molecule has 1 saturated carbocycles. The van der Waals surface area contributed by atoms with E-state index in [1.807, 2.05) is 6.92 Å². The minimum absolute atomic E-state index is 0.184. The highest BCUT2D eigenvalue weighted by atomic mass is 16.4. The van der Waals surface area contributed by atoms with Crippen LogP contribution in [0, 0.1) is 0 Å². The quantitative estimate of drug-likeness (QED) is 0.742. The van der Waals surface area contributed by atoms with Gasteiger partial charge in [-0.3, -0.25) is 14.6 Å². The Kier molecular flexibility index (Phi) is 3.26. The van der Waals surface area contributed by atoms with Crippen molar-refractivity contribution in [1.82, 2.24) is 9.80 Å². The number of nitrogens with zero attached hydrogens (tertiary/aromatic N) is 2. The highest BCUT2D eigenvalue weighted by Gasteiger charge is 2.32. The maximum atomic E-state index is 10.6. The lowest BCUT2D eigenvalue weighted by Crippen LogP contribution is -2.50. The lowest BCUT2D eigenvalue weighted by Gasteiger charge is -2.37. The van der Waals surface area contributed by atoms with Gasteiger partial charge >= 0.3 is 5.97 Å². The molecule has 86 valence electrons. The maximum absolute atomic E-state index is 10.6. The Hall–Kier alpha value is -0.610. The molecule has 0 bridgehead atoms. The van der Waals surface area contributed by atoms with Crippen LogP contribution in [0.15, 0.2) is 0 Å². The number of aliphatic carboxylic acids is 1. The molecule has 1 aliphatic heterocycles. The zero-order chi connectivity index (χ0) is 10.8. The summed E-state index contributed by atoms with van der Waals surface area (Å²) in [6, 6.07) is 1.03. The monoisotopic (exact) mass is 212 g/mol. The van der Waals surface area contributed by atoms with Crippen LogP contribution in [-0.2, 0) is 4.79 Å². The van der Waals surface area contributed by atoms with Crippen molar-refractivity contribution in [3.8, 4) is 0 Å². The van der Waals surface area contributed by atoms with Crippen molar-refractivity contribution in [3.05, 3.63) is 0 Å². The Labute approximate surface area is 90.9 Å². The Morgan fingerprint density at radius 3 is 2.40 bits per heavy atom. The van der Waals surface area contributed by atoms with Crippen LogP contribution >= 0.6 is 0 Å². The minimum atomic E-state index is -0.688. The summed E-state index contributed by atoms with van der Waals surface area (Å²) in [6.45, 7) is 6.32. The molecular formula is C11H20N2O2. The van der Waals surface area contributed by atoms with Gasteiger partial charge in [0.25, 0.3) is 0 Å². The van der Waals surface area contributed by atoms with Gasteiger partial charge in [-0.05, 0) is 19.8 Å². The van der Waals surface area contributed by atoms with Gasteiger partial charge in [-0.1, -0.05) is 0 Å². The SMILES string of the molecule is CC(CC(=O)O)N1CCN(C2CC2)CC1. The molecule has 2 rings (SSSR count). The van der Waals surface area contributed by atoms with Gasteiger partial charge in [0, 0.05) is 38.3 Å². The fraction of sp³-hybridized carbons (Fsp3) is 0.909. The summed E-state index contributed by atoms with van der Waals surface area (Å²) in [6.07, 6.45) is 3.00. The van der Waals surface area contributed by atoms with E-state index in [0.717, 1.165) is 32.2 Å².